The number of carbonyl (C=O) groups is 1. The Bertz CT molecular complexity index is 1470. The molecule has 0 atom stereocenters. The summed E-state index contributed by atoms with van der Waals surface area (Å²) in [7, 11) is 0. The molecule has 0 aliphatic heterocycles. The van der Waals surface area contributed by atoms with Gasteiger partial charge < -0.3 is 14.8 Å². The van der Waals surface area contributed by atoms with Crippen molar-refractivity contribution in [1.29, 1.82) is 5.26 Å². The van der Waals surface area contributed by atoms with E-state index in [4.69, 9.17) is 10.00 Å². The molecule has 4 rings (SSSR count). The summed E-state index contributed by atoms with van der Waals surface area (Å²) < 4.78 is 37.5. The first-order valence-corrected chi connectivity index (χ1v) is 11.0. The first-order chi connectivity index (χ1) is 16.9. The molecule has 0 fully saturated rings. The molecule has 3 aromatic heterocycles. The number of benzene rings is 1. The van der Waals surface area contributed by atoms with E-state index in [-0.39, 0.29) is 28.8 Å². The number of amides is 1. The number of fused-ring (bicyclic) bond motifs is 1. The van der Waals surface area contributed by atoms with Gasteiger partial charge in [0, 0.05) is 23.3 Å². The van der Waals surface area contributed by atoms with Crippen LogP contribution in [0.3, 0.4) is 0 Å². The highest BCUT2D eigenvalue weighted by atomic mass is 32.1. The zero-order valence-corrected chi connectivity index (χ0v) is 19.1. The molecule has 3 heterocycles. The standard InChI is InChI=1S/C24H17F2N5O3S/c1-14(2)33-21-16(4-3-5-18(21)34-23(25)26)7-8-17-20(31-10-11-35-24(31)29-17)22(32)30-19-9-6-15(12-27)13-28-19/h3-11,13,23H,1H2,2H3,(H,28,30,32)/b8-7+. The van der Waals surface area contributed by atoms with Gasteiger partial charge in [-0.05, 0) is 37.3 Å². The van der Waals surface area contributed by atoms with Gasteiger partial charge in [0.2, 0.25) is 0 Å². The number of rotatable bonds is 8. The van der Waals surface area contributed by atoms with Gasteiger partial charge in [0.05, 0.1) is 17.0 Å². The minimum atomic E-state index is -3.03. The van der Waals surface area contributed by atoms with Crippen molar-refractivity contribution in [2.75, 3.05) is 5.32 Å². The lowest BCUT2D eigenvalue weighted by molar-refractivity contribution is -0.0511. The normalized spacial score (nSPS) is 11.1. The van der Waals surface area contributed by atoms with Crippen molar-refractivity contribution in [1.82, 2.24) is 14.4 Å². The average Bonchev–Trinajstić information content (AvgIpc) is 3.40. The second-order valence-electron chi connectivity index (χ2n) is 7.09. The van der Waals surface area contributed by atoms with Gasteiger partial charge in [-0.25, -0.2) is 9.97 Å². The summed E-state index contributed by atoms with van der Waals surface area (Å²) in [5.74, 6) is -0.0160. The van der Waals surface area contributed by atoms with Crippen LogP contribution < -0.4 is 14.8 Å². The molecule has 0 radical (unpaired) electrons. The number of alkyl halides is 2. The fourth-order valence-corrected chi connectivity index (χ4v) is 3.88. The molecule has 0 saturated heterocycles. The van der Waals surface area contributed by atoms with Crippen molar-refractivity contribution in [3.8, 4) is 17.6 Å². The van der Waals surface area contributed by atoms with Gasteiger partial charge in [0.1, 0.15) is 17.6 Å². The lowest BCUT2D eigenvalue weighted by atomic mass is 10.1. The van der Waals surface area contributed by atoms with Crippen LogP contribution in [-0.4, -0.2) is 26.9 Å². The van der Waals surface area contributed by atoms with Crippen LogP contribution in [0.15, 0.2) is 60.4 Å². The minimum Gasteiger partial charge on any atom is -0.458 e. The Morgan fingerprint density at radius 3 is 2.83 bits per heavy atom. The number of carbonyl (C=O) groups excluding carboxylic acids is 1. The molecule has 0 bridgehead atoms. The van der Waals surface area contributed by atoms with E-state index in [1.54, 1.807) is 47.2 Å². The lowest BCUT2D eigenvalue weighted by Gasteiger charge is -2.14. The monoisotopic (exact) mass is 493 g/mol. The van der Waals surface area contributed by atoms with Crippen LogP contribution in [0, 0.1) is 11.3 Å². The van der Waals surface area contributed by atoms with E-state index in [1.807, 2.05) is 6.07 Å². The van der Waals surface area contributed by atoms with E-state index < -0.39 is 12.5 Å². The van der Waals surface area contributed by atoms with Crippen LogP contribution in [0.5, 0.6) is 11.5 Å². The number of para-hydroxylation sites is 1. The van der Waals surface area contributed by atoms with Gasteiger partial charge in [-0.3, -0.25) is 9.20 Å². The Morgan fingerprint density at radius 2 is 2.14 bits per heavy atom. The highest BCUT2D eigenvalue weighted by Gasteiger charge is 2.20. The predicted octanol–water partition coefficient (Wildman–Crippen LogP) is 5.60. The van der Waals surface area contributed by atoms with E-state index in [1.165, 1.54) is 35.7 Å². The summed E-state index contributed by atoms with van der Waals surface area (Å²) in [6, 6.07) is 9.57. The summed E-state index contributed by atoms with van der Waals surface area (Å²) in [6.45, 7) is 2.20. The smallest absolute Gasteiger partial charge is 0.387 e. The number of nitrogens with zero attached hydrogens (tertiary/aromatic N) is 4. The van der Waals surface area contributed by atoms with E-state index >= 15 is 0 Å². The maximum atomic E-state index is 13.1. The first kappa shape index (κ1) is 23.6. The highest BCUT2D eigenvalue weighted by molar-refractivity contribution is 7.15. The van der Waals surface area contributed by atoms with Crippen molar-refractivity contribution in [2.24, 2.45) is 0 Å². The molecule has 1 amide bonds. The third-order valence-electron chi connectivity index (χ3n) is 4.56. The number of imidazole rings is 1. The first-order valence-electron chi connectivity index (χ1n) is 10.1. The highest BCUT2D eigenvalue weighted by Crippen LogP contribution is 2.35. The van der Waals surface area contributed by atoms with Crippen molar-refractivity contribution in [3.05, 3.63) is 83.0 Å². The van der Waals surface area contributed by atoms with E-state index in [0.29, 0.717) is 21.8 Å². The number of anilines is 1. The molecular formula is C24H17F2N5O3S. The Balaban J connectivity index is 1.70. The van der Waals surface area contributed by atoms with Gasteiger partial charge in [0.25, 0.3) is 5.91 Å². The van der Waals surface area contributed by atoms with Gasteiger partial charge >= 0.3 is 6.61 Å². The third-order valence-corrected chi connectivity index (χ3v) is 5.32. The zero-order valence-electron chi connectivity index (χ0n) is 18.2. The fourth-order valence-electron chi connectivity index (χ4n) is 3.16. The quantitative estimate of drug-likeness (QED) is 0.321. The molecule has 8 nitrogen and oxygen atoms in total. The SMILES string of the molecule is C=C(C)Oc1c(/C=C/c2nc3sccn3c2C(=O)Nc2ccc(C#N)cn2)cccc1OC(F)F. The van der Waals surface area contributed by atoms with Crippen molar-refractivity contribution in [2.45, 2.75) is 13.5 Å². The van der Waals surface area contributed by atoms with Crippen LogP contribution in [0.1, 0.15) is 34.2 Å². The van der Waals surface area contributed by atoms with Gasteiger partial charge in [-0.15, -0.1) is 11.3 Å². The molecular weight excluding hydrogens is 476 g/mol. The van der Waals surface area contributed by atoms with E-state index in [0.717, 1.165) is 0 Å². The number of thiazole rings is 1. The Hall–Kier alpha value is -4.56. The molecule has 0 aliphatic carbocycles. The summed E-state index contributed by atoms with van der Waals surface area (Å²) in [6.07, 6.45) is 6.22. The number of nitriles is 1. The topological polar surface area (TPSA) is 102 Å². The number of ether oxygens (including phenoxy) is 2. The van der Waals surface area contributed by atoms with Gasteiger partial charge in [-0.2, -0.15) is 14.0 Å². The van der Waals surface area contributed by atoms with E-state index in [9.17, 15) is 13.6 Å². The molecule has 1 aromatic carbocycles. The van der Waals surface area contributed by atoms with Gasteiger partial charge in [-0.1, -0.05) is 18.7 Å². The molecule has 35 heavy (non-hydrogen) atoms. The second kappa shape index (κ2) is 10.1. The molecule has 0 saturated carbocycles. The maximum Gasteiger partial charge on any atom is 0.387 e. The number of nitrogens with one attached hydrogen (secondary N) is 1. The summed E-state index contributed by atoms with van der Waals surface area (Å²) in [4.78, 5) is 22.3. The number of pyridine rings is 1. The van der Waals surface area contributed by atoms with Crippen LogP contribution in [0.25, 0.3) is 17.1 Å². The van der Waals surface area contributed by atoms with Crippen molar-refractivity contribution >= 4 is 40.2 Å². The van der Waals surface area contributed by atoms with E-state index in [2.05, 4.69) is 26.6 Å². The molecule has 0 unspecified atom stereocenters. The maximum absolute atomic E-state index is 13.1. The van der Waals surface area contributed by atoms with Crippen molar-refractivity contribution < 1.29 is 23.0 Å². The summed E-state index contributed by atoms with van der Waals surface area (Å²) >= 11 is 1.34. The van der Waals surface area contributed by atoms with Gasteiger partial charge in [0.15, 0.2) is 16.5 Å². The predicted molar refractivity (Wildman–Crippen MR) is 127 cm³/mol. The Kier molecular flexibility index (Phi) is 6.84. The second-order valence-corrected chi connectivity index (χ2v) is 7.96. The largest absolute Gasteiger partial charge is 0.458 e. The summed E-state index contributed by atoms with van der Waals surface area (Å²) in [5.41, 5.74) is 1.36. The van der Waals surface area contributed by atoms with Crippen LogP contribution in [-0.2, 0) is 0 Å². The van der Waals surface area contributed by atoms with Crippen LogP contribution >= 0.6 is 11.3 Å². The molecule has 11 heteroatoms. The number of allylic oxidation sites excluding steroid dienone is 1. The molecule has 0 spiro atoms. The molecule has 1 N–H and O–H groups in total. The van der Waals surface area contributed by atoms with Crippen LogP contribution in [0.4, 0.5) is 14.6 Å². The minimum absolute atomic E-state index is 0.0605. The number of hydrogen-bond donors (Lipinski definition) is 1. The average molecular weight is 493 g/mol. The Labute approximate surface area is 202 Å². The molecule has 176 valence electrons. The Morgan fingerprint density at radius 1 is 1.31 bits per heavy atom. The summed E-state index contributed by atoms with van der Waals surface area (Å²) in [5, 5.41) is 13.4. The number of aromatic nitrogens is 3. The van der Waals surface area contributed by atoms with Crippen LogP contribution in [0.2, 0.25) is 0 Å². The number of halogens is 2. The number of hydrogen-bond acceptors (Lipinski definition) is 7. The zero-order chi connectivity index (χ0) is 24.9. The molecule has 0 aliphatic rings. The van der Waals surface area contributed by atoms with Crippen molar-refractivity contribution in [3.63, 3.8) is 0 Å². The molecule has 4 aromatic rings. The lowest BCUT2D eigenvalue weighted by Crippen LogP contribution is -2.16. The third kappa shape index (κ3) is 5.34. The fraction of sp³-hybridized carbons (Fsp3) is 0.0833.